The van der Waals surface area contributed by atoms with Crippen molar-refractivity contribution in [2.75, 3.05) is 27.3 Å². The average Bonchev–Trinajstić information content (AvgIpc) is 3.36. The number of esters is 2. The topological polar surface area (TPSA) is 141 Å². The van der Waals surface area contributed by atoms with Crippen LogP contribution >= 0.6 is 11.6 Å². The van der Waals surface area contributed by atoms with Gasteiger partial charge in [-0.2, -0.15) is 0 Å². The zero-order valence-electron chi connectivity index (χ0n) is 33.5. The number of ketones is 1. The second-order valence-electron chi connectivity index (χ2n) is 16.3. The van der Waals surface area contributed by atoms with Crippen molar-refractivity contribution in [1.82, 2.24) is 4.90 Å². The zero-order chi connectivity index (χ0) is 39.7. The van der Waals surface area contributed by atoms with Crippen LogP contribution in [0, 0.1) is 23.7 Å². The molecule has 13 nitrogen and oxygen atoms in total. The minimum Gasteiger partial charge on any atom is -0.459 e. The highest BCUT2D eigenvalue weighted by molar-refractivity contribution is 6.30. The van der Waals surface area contributed by atoms with E-state index in [-0.39, 0.29) is 37.1 Å². The summed E-state index contributed by atoms with van der Waals surface area (Å²) < 4.78 is 45.9. The Labute approximate surface area is 324 Å². The van der Waals surface area contributed by atoms with Crippen LogP contribution in [0.1, 0.15) is 81.6 Å². The van der Waals surface area contributed by atoms with E-state index in [9.17, 15) is 14.4 Å². The molecule has 0 spiro atoms. The van der Waals surface area contributed by atoms with Crippen molar-refractivity contribution in [2.24, 2.45) is 28.8 Å². The van der Waals surface area contributed by atoms with Crippen LogP contribution in [-0.2, 0) is 47.5 Å². The number of rotatable bonds is 7. The summed E-state index contributed by atoms with van der Waals surface area (Å²) in [6.45, 7) is 16.4. The second kappa shape index (κ2) is 17.2. The molecule has 0 amide bonds. The molecular formula is C40H59ClN2O11. The number of carbonyl (C=O) groups excluding carboxylic acids is 3. The number of Topliss-reactive ketones (excluding diaryl/α,β-unsaturated/α-hetero) is 1. The number of hydrogen-bond acceptors (Lipinski definition) is 13. The van der Waals surface area contributed by atoms with Crippen molar-refractivity contribution < 1.29 is 52.4 Å². The van der Waals surface area contributed by atoms with Crippen LogP contribution in [0.15, 0.2) is 29.4 Å². The van der Waals surface area contributed by atoms with E-state index in [1.807, 2.05) is 60.5 Å². The fourth-order valence-corrected chi connectivity index (χ4v) is 9.07. The molecule has 14 atom stereocenters. The Hall–Kier alpha value is -2.65. The van der Waals surface area contributed by atoms with Gasteiger partial charge in [-0.1, -0.05) is 50.5 Å². The molecule has 0 aliphatic carbocycles. The van der Waals surface area contributed by atoms with Crippen molar-refractivity contribution in [3.8, 4) is 5.75 Å². The van der Waals surface area contributed by atoms with Gasteiger partial charge in [0.25, 0.3) is 0 Å². The molecule has 5 rings (SSSR count). The van der Waals surface area contributed by atoms with E-state index in [4.69, 9.17) is 49.6 Å². The number of halogens is 1. The highest BCUT2D eigenvalue weighted by Gasteiger charge is 2.59. The Morgan fingerprint density at radius 2 is 1.78 bits per heavy atom. The van der Waals surface area contributed by atoms with E-state index < -0.39 is 77.7 Å². The molecular weight excluding hydrogens is 720 g/mol. The molecule has 4 fully saturated rings. The molecule has 0 aromatic heterocycles. The number of likely N-dealkylation sites (N-methyl/N-ethyl adjacent to an activating group) is 1. The van der Waals surface area contributed by atoms with Crippen LogP contribution in [0.3, 0.4) is 0 Å². The van der Waals surface area contributed by atoms with Gasteiger partial charge in [0.15, 0.2) is 29.5 Å². The van der Waals surface area contributed by atoms with Crippen molar-refractivity contribution >= 4 is 35.0 Å². The van der Waals surface area contributed by atoms with Gasteiger partial charge < -0.3 is 42.9 Å². The number of ether oxygens (including phenoxy) is 7. The summed E-state index contributed by atoms with van der Waals surface area (Å²) in [5.74, 6) is -2.77. The maximum Gasteiger partial charge on any atom is 0.311 e. The quantitative estimate of drug-likeness (QED) is 0.251. The Morgan fingerprint density at radius 3 is 2.43 bits per heavy atom. The number of cyclic esters (lactones) is 1. The fraction of sp³-hybridized carbons (Fsp3) is 0.750. The molecule has 54 heavy (non-hydrogen) atoms. The number of oxime groups is 1. The predicted octanol–water partition coefficient (Wildman–Crippen LogP) is 5.63. The third-order valence-electron chi connectivity index (χ3n) is 11.7. The van der Waals surface area contributed by atoms with Gasteiger partial charge in [0, 0.05) is 29.8 Å². The van der Waals surface area contributed by atoms with Gasteiger partial charge in [-0.3, -0.25) is 14.4 Å². The first-order chi connectivity index (χ1) is 25.4. The molecule has 302 valence electrons. The molecule has 4 aliphatic heterocycles. The Bertz CT molecular complexity index is 1540. The number of fused-ring (bicyclic) bond motifs is 5. The molecule has 4 aliphatic rings. The largest absolute Gasteiger partial charge is 0.459 e. The molecule has 0 radical (unpaired) electrons. The normalized spacial score (nSPS) is 41.5. The zero-order valence-corrected chi connectivity index (χ0v) is 34.3. The molecule has 4 saturated heterocycles. The van der Waals surface area contributed by atoms with Gasteiger partial charge in [0.05, 0.1) is 55.2 Å². The van der Waals surface area contributed by atoms with Crippen LogP contribution in [0.25, 0.3) is 0 Å². The monoisotopic (exact) mass is 778 g/mol. The van der Waals surface area contributed by atoms with E-state index in [0.717, 1.165) is 0 Å². The maximum absolute atomic E-state index is 14.2. The van der Waals surface area contributed by atoms with Crippen molar-refractivity contribution in [2.45, 2.75) is 142 Å². The molecule has 14 heteroatoms. The highest BCUT2D eigenvalue weighted by Crippen LogP contribution is 2.45. The highest BCUT2D eigenvalue weighted by atomic mass is 35.5. The maximum atomic E-state index is 14.2. The number of nitrogens with zero attached hydrogens (tertiary/aromatic N) is 2. The Balaban J connectivity index is 1.64. The SMILES string of the molecule is CC[C@H]1OC(=O)[C@H](C)[C@H]2OC/C(=N\Oc3cccc(Cl)c3)CO[C@@](C)(C[C@@H](C)C3OC1(C)C(=O)C3C)[C@H](O[C@@H]1O[C@H](C)C[C@H](N(C)C)[C@H]1OC(C)=O)[C@@H]2C. The fourth-order valence-electron chi connectivity index (χ4n) is 8.89. The predicted molar refractivity (Wildman–Crippen MR) is 200 cm³/mol. The van der Waals surface area contributed by atoms with Gasteiger partial charge in [0.1, 0.15) is 11.8 Å². The third kappa shape index (κ3) is 8.98. The van der Waals surface area contributed by atoms with Crippen molar-refractivity contribution in [3.05, 3.63) is 29.3 Å². The minimum atomic E-state index is -1.33. The number of benzene rings is 1. The molecule has 0 N–H and O–H groups in total. The lowest BCUT2D eigenvalue weighted by molar-refractivity contribution is -0.305. The van der Waals surface area contributed by atoms with Crippen LogP contribution < -0.4 is 4.84 Å². The lowest BCUT2D eigenvalue weighted by atomic mass is 9.75. The molecule has 4 bridgehead atoms. The van der Waals surface area contributed by atoms with E-state index in [2.05, 4.69) is 5.16 Å². The molecule has 1 aromatic rings. The standard InChI is InChI=1S/C40H59ClN2O11/c1-12-31-40(9)35(45)23(4)32(53-40)21(2)18-39(8)36(52-38-34(50-26(7)44)30(43(10)11)16-22(3)49-38)24(5)33(25(6)37(46)51-31)47-19-28(20-48-39)42-54-29-15-13-14-27(41)17-29/h13-15,17,21-25,30-34,36,38H,12,16,18-20H2,1-11H3/b42-28+/t21-,22-,23?,24-,25-,30+,31-,32?,33+,34-,36-,38+,39+,40?/m1/s1. The first-order valence-corrected chi connectivity index (χ1v) is 19.6. The Morgan fingerprint density at radius 1 is 1.06 bits per heavy atom. The summed E-state index contributed by atoms with van der Waals surface area (Å²) in [6.07, 6.45) is -3.58. The van der Waals surface area contributed by atoms with Gasteiger partial charge in [-0.25, -0.2) is 0 Å². The van der Waals surface area contributed by atoms with Crippen LogP contribution in [-0.4, -0.2) is 116 Å². The van der Waals surface area contributed by atoms with Gasteiger partial charge in [-0.05, 0) is 79.1 Å². The smallest absolute Gasteiger partial charge is 0.311 e. The van der Waals surface area contributed by atoms with Gasteiger partial charge in [0.2, 0.25) is 0 Å². The lowest BCUT2D eigenvalue weighted by Crippen LogP contribution is -2.60. The molecule has 0 saturated carbocycles. The van der Waals surface area contributed by atoms with E-state index in [1.54, 1.807) is 38.1 Å². The first-order valence-electron chi connectivity index (χ1n) is 19.2. The lowest BCUT2D eigenvalue weighted by Gasteiger charge is -2.48. The first kappa shape index (κ1) is 42.5. The molecule has 3 unspecified atom stereocenters. The molecule has 1 aromatic carbocycles. The minimum absolute atomic E-state index is 0.0207. The second-order valence-corrected chi connectivity index (χ2v) is 16.7. The summed E-state index contributed by atoms with van der Waals surface area (Å²) in [4.78, 5) is 48.5. The van der Waals surface area contributed by atoms with E-state index in [1.165, 1.54) is 6.92 Å². The summed E-state index contributed by atoms with van der Waals surface area (Å²) in [5.41, 5.74) is -2.04. The van der Waals surface area contributed by atoms with Crippen LogP contribution in [0.2, 0.25) is 5.02 Å². The Kier molecular flexibility index (Phi) is 13.6. The van der Waals surface area contributed by atoms with Gasteiger partial charge in [-0.15, -0.1) is 0 Å². The van der Waals surface area contributed by atoms with Crippen molar-refractivity contribution in [1.29, 1.82) is 0 Å². The van der Waals surface area contributed by atoms with Crippen molar-refractivity contribution in [3.63, 3.8) is 0 Å². The summed E-state index contributed by atoms with van der Waals surface area (Å²) >= 11 is 6.20. The average molecular weight is 779 g/mol. The van der Waals surface area contributed by atoms with E-state index >= 15 is 0 Å². The van der Waals surface area contributed by atoms with Crippen LogP contribution in [0.5, 0.6) is 5.75 Å². The number of hydrogen-bond donors (Lipinski definition) is 0. The third-order valence-corrected chi connectivity index (χ3v) is 11.9. The molecule has 4 heterocycles. The summed E-state index contributed by atoms with van der Waals surface area (Å²) in [5, 5.41) is 4.92. The van der Waals surface area contributed by atoms with Crippen LogP contribution in [0.4, 0.5) is 0 Å². The number of carbonyl (C=O) groups is 3. The summed E-state index contributed by atoms with van der Waals surface area (Å²) in [6, 6.07) is 6.66. The summed E-state index contributed by atoms with van der Waals surface area (Å²) in [7, 11) is 3.86. The van der Waals surface area contributed by atoms with E-state index in [0.29, 0.717) is 35.7 Å². The van der Waals surface area contributed by atoms with Gasteiger partial charge >= 0.3 is 11.9 Å².